The topological polar surface area (TPSA) is 0 Å². The van der Waals surface area contributed by atoms with Crippen molar-refractivity contribution in [2.45, 2.75) is 138 Å². The van der Waals surface area contributed by atoms with Crippen LogP contribution in [-0.2, 0) is 0 Å². The summed E-state index contributed by atoms with van der Waals surface area (Å²) in [6.45, 7) is 15.2. The third kappa shape index (κ3) is 4.05. The summed E-state index contributed by atoms with van der Waals surface area (Å²) in [5.74, 6) is 6.24. The van der Waals surface area contributed by atoms with Crippen molar-refractivity contribution in [2.75, 3.05) is 0 Å². The monoisotopic (exact) mass is 414 g/mol. The first-order valence-corrected chi connectivity index (χ1v) is 14.2. The van der Waals surface area contributed by atoms with E-state index in [0.29, 0.717) is 16.2 Å². The van der Waals surface area contributed by atoms with Gasteiger partial charge in [-0.05, 0) is 116 Å². The molecule has 0 nitrogen and oxygen atoms in total. The van der Waals surface area contributed by atoms with Crippen LogP contribution >= 0.6 is 0 Å². The van der Waals surface area contributed by atoms with Gasteiger partial charge in [0.2, 0.25) is 0 Å². The second-order valence-electron chi connectivity index (χ2n) is 14.0. The smallest absolute Gasteiger partial charge is 0.0266 e. The van der Waals surface area contributed by atoms with Gasteiger partial charge in [0.1, 0.15) is 0 Å². The van der Waals surface area contributed by atoms with Gasteiger partial charge in [-0.3, -0.25) is 0 Å². The van der Waals surface area contributed by atoms with E-state index in [2.05, 4.69) is 41.5 Å². The van der Waals surface area contributed by atoms with Gasteiger partial charge in [0.15, 0.2) is 0 Å². The number of hydrogen-bond donors (Lipinski definition) is 0. The Kier molecular flexibility index (Phi) is 6.75. The van der Waals surface area contributed by atoms with Crippen molar-refractivity contribution < 1.29 is 0 Å². The summed E-state index contributed by atoms with van der Waals surface area (Å²) < 4.78 is 0. The first-order chi connectivity index (χ1) is 14.2. The largest absolute Gasteiger partial charge is 0.0651 e. The van der Waals surface area contributed by atoms with Crippen LogP contribution in [0.5, 0.6) is 0 Å². The van der Waals surface area contributed by atoms with Crippen LogP contribution in [0.15, 0.2) is 0 Å². The molecule has 0 aliphatic heterocycles. The molecule has 30 heavy (non-hydrogen) atoms. The van der Waals surface area contributed by atoms with Crippen LogP contribution in [-0.4, -0.2) is 0 Å². The fourth-order valence-corrected chi connectivity index (χ4v) is 9.91. The molecule has 8 atom stereocenters. The number of hydrogen-bond acceptors (Lipinski definition) is 0. The predicted octanol–water partition coefficient (Wildman–Crippen LogP) is 9.67. The van der Waals surface area contributed by atoms with E-state index in [-0.39, 0.29) is 0 Å². The minimum atomic E-state index is 0.492. The second kappa shape index (κ2) is 8.74. The van der Waals surface area contributed by atoms with Crippen molar-refractivity contribution in [2.24, 2.45) is 51.8 Å². The Bertz CT molecular complexity index is 569. The highest BCUT2D eigenvalue weighted by Crippen LogP contribution is 2.67. The zero-order valence-corrected chi connectivity index (χ0v) is 21.6. The molecule has 0 spiro atoms. The Morgan fingerprint density at radius 2 is 1.57 bits per heavy atom. The fourth-order valence-electron chi connectivity index (χ4n) is 9.91. The molecule has 4 aliphatic rings. The van der Waals surface area contributed by atoms with Crippen LogP contribution in [0.25, 0.3) is 0 Å². The van der Waals surface area contributed by atoms with E-state index >= 15 is 0 Å². The van der Waals surface area contributed by atoms with E-state index in [1.807, 2.05) is 0 Å². The van der Waals surface area contributed by atoms with E-state index in [4.69, 9.17) is 0 Å². The van der Waals surface area contributed by atoms with Crippen molar-refractivity contribution in [3.8, 4) is 0 Å². The second-order valence-corrected chi connectivity index (χ2v) is 14.0. The van der Waals surface area contributed by atoms with Crippen molar-refractivity contribution >= 4 is 0 Å². The number of unbranched alkanes of at least 4 members (excludes halogenated alkanes) is 1. The maximum absolute atomic E-state index is 2.75. The normalized spacial score (nSPS) is 44.8. The Morgan fingerprint density at radius 3 is 2.30 bits per heavy atom. The molecule has 4 aliphatic carbocycles. The van der Waals surface area contributed by atoms with Crippen LogP contribution in [0.2, 0.25) is 0 Å². The van der Waals surface area contributed by atoms with Gasteiger partial charge in [-0.2, -0.15) is 0 Å². The standard InChI is InChI=1S/C30H54/c1-7-22(28(2,3)4)12-8-9-13-24-16-18-26-25-17-15-23-14-10-11-20-29(23,5)27(25)19-21-30(24,26)6/h22-27H,7-21H2,1-6H3. The lowest BCUT2D eigenvalue weighted by Crippen LogP contribution is -2.52. The van der Waals surface area contributed by atoms with Gasteiger partial charge in [0.25, 0.3) is 0 Å². The average Bonchev–Trinajstić information content (AvgIpc) is 3.03. The lowest BCUT2D eigenvalue weighted by atomic mass is 9.45. The van der Waals surface area contributed by atoms with Gasteiger partial charge in [0, 0.05) is 0 Å². The van der Waals surface area contributed by atoms with E-state index in [0.717, 1.165) is 35.5 Å². The van der Waals surface area contributed by atoms with Gasteiger partial charge in [-0.1, -0.05) is 73.6 Å². The van der Waals surface area contributed by atoms with Crippen molar-refractivity contribution in [1.29, 1.82) is 0 Å². The number of fused-ring (bicyclic) bond motifs is 5. The molecule has 0 radical (unpaired) electrons. The Balaban J connectivity index is 1.35. The molecule has 4 rings (SSSR count). The highest BCUT2D eigenvalue weighted by Gasteiger charge is 2.59. The van der Waals surface area contributed by atoms with Crippen LogP contribution < -0.4 is 0 Å². The van der Waals surface area contributed by atoms with Gasteiger partial charge < -0.3 is 0 Å². The summed E-state index contributed by atoms with van der Waals surface area (Å²) in [4.78, 5) is 0. The quantitative estimate of drug-likeness (QED) is 0.379. The first-order valence-electron chi connectivity index (χ1n) is 14.2. The number of rotatable bonds is 6. The maximum Gasteiger partial charge on any atom is -0.0266 e. The Hall–Kier alpha value is 0. The fraction of sp³-hybridized carbons (Fsp3) is 1.00. The zero-order chi connectivity index (χ0) is 21.6. The SMILES string of the molecule is CCC(CCCCC1CCC2C3CCC4CCCCC4(C)C3CCC12C)C(C)(C)C. The van der Waals surface area contributed by atoms with Gasteiger partial charge in [-0.15, -0.1) is 0 Å². The summed E-state index contributed by atoms with van der Waals surface area (Å²) in [5, 5.41) is 0. The summed E-state index contributed by atoms with van der Waals surface area (Å²) in [6.07, 6.45) is 22.9. The van der Waals surface area contributed by atoms with Crippen LogP contribution in [0.4, 0.5) is 0 Å². The lowest BCUT2D eigenvalue weighted by Gasteiger charge is -2.60. The molecule has 0 heterocycles. The minimum Gasteiger partial charge on any atom is -0.0651 e. The van der Waals surface area contributed by atoms with Gasteiger partial charge >= 0.3 is 0 Å². The van der Waals surface area contributed by atoms with Crippen LogP contribution in [0.1, 0.15) is 138 Å². The lowest BCUT2D eigenvalue weighted by molar-refractivity contribution is -0.111. The highest BCUT2D eigenvalue weighted by atomic mass is 14.6. The molecule has 0 aromatic heterocycles. The molecule has 0 heteroatoms. The molecule has 0 saturated heterocycles. The van der Waals surface area contributed by atoms with E-state index in [9.17, 15) is 0 Å². The zero-order valence-electron chi connectivity index (χ0n) is 21.6. The van der Waals surface area contributed by atoms with Gasteiger partial charge in [0.05, 0.1) is 0 Å². The highest BCUT2D eigenvalue weighted by molar-refractivity contribution is 5.08. The van der Waals surface area contributed by atoms with Crippen molar-refractivity contribution in [3.05, 3.63) is 0 Å². The Morgan fingerprint density at radius 1 is 0.800 bits per heavy atom. The third-order valence-corrected chi connectivity index (χ3v) is 11.9. The van der Waals surface area contributed by atoms with Crippen LogP contribution in [0.3, 0.4) is 0 Å². The molecule has 0 N–H and O–H groups in total. The molecule has 0 aromatic carbocycles. The molecular formula is C30H54. The maximum atomic E-state index is 2.75. The molecule has 4 saturated carbocycles. The van der Waals surface area contributed by atoms with E-state index in [1.54, 1.807) is 51.4 Å². The molecule has 0 bridgehead atoms. The van der Waals surface area contributed by atoms with E-state index < -0.39 is 0 Å². The first kappa shape index (κ1) is 23.2. The average molecular weight is 415 g/mol. The van der Waals surface area contributed by atoms with Crippen molar-refractivity contribution in [1.82, 2.24) is 0 Å². The molecule has 4 fully saturated rings. The molecule has 0 aromatic rings. The summed E-state index contributed by atoms with van der Waals surface area (Å²) in [7, 11) is 0. The van der Waals surface area contributed by atoms with Crippen molar-refractivity contribution in [3.63, 3.8) is 0 Å². The third-order valence-electron chi connectivity index (χ3n) is 11.9. The summed E-state index contributed by atoms with van der Waals surface area (Å²) >= 11 is 0. The minimum absolute atomic E-state index is 0.492. The molecular weight excluding hydrogens is 360 g/mol. The Labute approximate surface area is 189 Å². The summed E-state index contributed by atoms with van der Waals surface area (Å²) in [5.41, 5.74) is 1.89. The molecule has 174 valence electrons. The van der Waals surface area contributed by atoms with E-state index in [1.165, 1.54) is 44.9 Å². The summed E-state index contributed by atoms with van der Waals surface area (Å²) in [6, 6.07) is 0. The predicted molar refractivity (Wildman–Crippen MR) is 132 cm³/mol. The van der Waals surface area contributed by atoms with Gasteiger partial charge in [-0.25, -0.2) is 0 Å². The molecule has 0 amide bonds. The molecule has 8 unspecified atom stereocenters. The van der Waals surface area contributed by atoms with Crippen LogP contribution in [0, 0.1) is 51.8 Å².